The van der Waals surface area contributed by atoms with E-state index in [9.17, 15) is 9.59 Å². The summed E-state index contributed by atoms with van der Waals surface area (Å²) in [5.74, 6) is 2.16. The van der Waals surface area contributed by atoms with Crippen molar-refractivity contribution >= 4 is 62.4 Å². The monoisotopic (exact) mass is 788 g/mol. The number of thioether (sulfide) groups is 3. The molecule has 2 aliphatic heterocycles. The van der Waals surface area contributed by atoms with E-state index >= 15 is 0 Å². The molecule has 0 saturated carbocycles. The minimum Gasteiger partial charge on any atom is -0.492 e. The Balaban J connectivity index is 1.01. The van der Waals surface area contributed by atoms with Crippen LogP contribution in [0.3, 0.4) is 0 Å². The molecule has 2 saturated heterocycles. The Bertz CT molecular complexity index is 1490. The third-order valence-corrected chi connectivity index (χ3v) is 10.7. The summed E-state index contributed by atoms with van der Waals surface area (Å²) in [5.41, 5.74) is 6.96. The first kappa shape index (κ1) is 42.6. The molecule has 0 bridgehead atoms. The number of ether oxygens (including phenoxy) is 4. The van der Waals surface area contributed by atoms with E-state index in [1.165, 1.54) is 0 Å². The molecule has 290 valence electrons. The quantitative estimate of drug-likeness (QED) is 0.0497. The van der Waals surface area contributed by atoms with Crippen LogP contribution >= 0.6 is 35.3 Å². The number of rotatable bonds is 20. The second-order valence-electron chi connectivity index (χ2n) is 12.3. The van der Waals surface area contributed by atoms with Gasteiger partial charge in [-0.15, -0.1) is 0 Å². The molecule has 0 aliphatic carbocycles. The molecule has 17 heteroatoms. The van der Waals surface area contributed by atoms with Gasteiger partial charge in [-0.1, -0.05) is 36.0 Å². The van der Waals surface area contributed by atoms with Gasteiger partial charge >= 0.3 is 0 Å². The molecule has 0 radical (unpaired) electrons. The fourth-order valence-corrected chi connectivity index (χ4v) is 7.84. The summed E-state index contributed by atoms with van der Waals surface area (Å²) in [7, 11) is 0. The number of morpholine rings is 2. The van der Waals surface area contributed by atoms with Crippen LogP contribution in [0.1, 0.15) is 24.0 Å². The van der Waals surface area contributed by atoms with Crippen LogP contribution in [0.25, 0.3) is 0 Å². The third-order valence-electron chi connectivity index (χ3n) is 8.08. The molecule has 7 N–H and O–H groups in total. The first-order chi connectivity index (χ1) is 25.7. The summed E-state index contributed by atoms with van der Waals surface area (Å²) < 4.78 is 22.5. The van der Waals surface area contributed by atoms with Gasteiger partial charge in [0.2, 0.25) is 11.8 Å². The van der Waals surface area contributed by atoms with Crippen LogP contribution in [0.2, 0.25) is 0 Å². The lowest BCUT2D eigenvalue weighted by Gasteiger charge is -2.26. The van der Waals surface area contributed by atoms with Crippen molar-refractivity contribution in [1.82, 2.24) is 20.4 Å². The zero-order valence-corrected chi connectivity index (χ0v) is 32.5. The lowest BCUT2D eigenvalue weighted by atomic mass is 10.1. The van der Waals surface area contributed by atoms with Crippen molar-refractivity contribution in [2.75, 3.05) is 90.4 Å². The van der Waals surface area contributed by atoms with E-state index in [-0.39, 0.29) is 34.9 Å². The molecule has 14 nitrogen and oxygen atoms in total. The SMILES string of the molecule is N=C(CCSCCC(=N)SC(N)NC(=O)Cc1cccc(OCCN2CCOCC2)c1)SC(=N)NC(=O)Cc1cccc(OCCN2CCOCC2)c1. The van der Waals surface area contributed by atoms with Crippen LogP contribution < -0.4 is 25.8 Å². The highest BCUT2D eigenvalue weighted by molar-refractivity contribution is 8.26. The first-order valence-corrected chi connectivity index (χ1v) is 20.6. The predicted molar refractivity (Wildman–Crippen MR) is 215 cm³/mol. The summed E-state index contributed by atoms with van der Waals surface area (Å²) in [4.78, 5) is 29.7. The molecule has 1 unspecified atom stereocenters. The van der Waals surface area contributed by atoms with Crippen LogP contribution in [0.15, 0.2) is 48.5 Å². The number of amidine groups is 1. The minimum absolute atomic E-state index is 0.0855. The van der Waals surface area contributed by atoms with Crippen LogP contribution in [0.5, 0.6) is 11.5 Å². The highest BCUT2D eigenvalue weighted by atomic mass is 32.2. The number of nitrogens with zero attached hydrogens (tertiary/aromatic N) is 2. The van der Waals surface area contributed by atoms with E-state index < -0.39 is 5.50 Å². The molecule has 1 atom stereocenters. The number of carbonyl (C=O) groups is 2. The van der Waals surface area contributed by atoms with Gasteiger partial charge in [0.25, 0.3) is 0 Å². The van der Waals surface area contributed by atoms with E-state index in [1.807, 2.05) is 48.5 Å². The Morgan fingerprint density at radius 1 is 0.774 bits per heavy atom. The van der Waals surface area contributed by atoms with Gasteiger partial charge in [-0.2, -0.15) is 11.8 Å². The Hall–Kier alpha value is -3.16. The molecule has 0 aromatic heterocycles. The highest BCUT2D eigenvalue weighted by Crippen LogP contribution is 2.18. The topological polar surface area (TPSA) is 199 Å². The molecule has 0 spiro atoms. The van der Waals surface area contributed by atoms with Gasteiger partial charge in [-0.3, -0.25) is 35.6 Å². The zero-order valence-electron chi connectivity index (χ0n) is 30.1. The van der Waals surface area contributed by atoms with Crippen molar-refractivity contribution < 1.29 is 28.5 Å². The van der Waals surface area contributed by atoms with Crippen LogP contribution in [-0.2, 0) is 31.9 Å². The molecular formula is C36H52N8O6S3. The summed E-state index contributed by atoms with van der Waals surface area (Å²) in [6.07, 6.45) is 1.18. The van der Waals surface area contributed by atoms with E-state index in [0.29, 0.717) is 48.4 Å². The molecule has 4 rings (SSSR count). The van der Waals surface area contributed by atoms with Gasteiger partial charge in [0.05, 0.1) is 49.4 Å². The average molecular weight is 789 g/mol. The van der Waals surface area contributed by atoms with Crippen LogP contribution in [-0.4, -0.2) is 133 Å². The number of nitrogens with two attached hydrogens (primary N) is 1. The number of amides is 2. The number of hydrogen-bond donors (Lipinski definition) is 6. The molecule has 2 heterocycles. The van der Waals surface area contributed by atoms with Crippen LogP contribution in [0.4, 0.5) is 0 Å². The van der Waals surface area contributed by atoms with Crippen molar-refractivity contribution in [3.8, 4) is 11.5 Å². The second kappa shape index (κ2) is 24.3. The molecule has 2 fully saturated rings. The Morgan fingerprint density at radius 2 is 1.28 bits per heavy atom. The maximum atomic E-state index is 12.6. The molecule has 2 aliphatic rings. The summed E-state index contributed by atoms with van der Waals surface area (Å²) in [5, 5.41) is 30.4. The largest absolute Gasteiger partial charge is 0.492 e. The van der Waals surface area contributed by atoms with E-state index in [0.717, 1.165) is 106 Å². The van der Waals surface area contributed by atoms with Gasteiger partial charge in [0.1, 0.15) is 30.2 Å². The molecule has 2 amide bonds. The fourth-order valence-electron chi connectivity index (χ4n) is 5.35. The lowest BCUT2D eigenvalue weighted by Crippen LogP contribution is -2.40. The van der Waals surface area contributed by atoms with Gasteiger partial charge in [-0.25, -0.2) is 0 Å². The molecule has 2 aromatic carbocycles. The molecule has 53 heavy (non-hydrogen) atoms. The zero-order chi connectivity index (χ0) is 37.7. The smallest absolute Gasteiger partial charge is 0.230 e. The van der Waals surface area contributed by atoms with Crippen molar-refractivity contribution in [2.24, 2.45) is 5.73 Å². The Labute approximate surface area is 324 Å². The van der Waals surface area contributed by atoms with Crippen molar-refractivity contribution in [3.63, 3.8) is 0 Å². The first-order valence-electron chi connectivity index (χ1n) is 17.8. The maximum absolute atomic E-state index is 12.6. The van der Waals surface area contributed by atoms with Crippen molar-refractivity contribution in [3.05, 3.63) is 59.7 Å². The van der Waals surface area contributed by atoms with Gasteiger partial charge < -0.3 is 35.3 Å². The van der Waals surface area contributed by atoms with Crippen LogP contribution in [0, 0.1) is 16.2 Å². The number of carbonyl (C=O) groups excluding carboxylic acids is 2. The number of hydrogen-bond acceptors (Lipinski definition) is 15. The standard InChI is InChI=1S/C36H52N8O6S3/c37-31(52-35(39)41-33(45)25-27-3-1-5-29(23-27)49-19-13-43-9-15-47-16-10-43)7-21-51-22-8-32(38)53-36(40)42-34(46)26-28-4-2-6-30(24-28)50-20-14-44-11-17-48-18-12-44/h1-6,23-24,35,37-38H,7-22,25-26,39H2,(H,41,45)(H2,40,42,46). The number of nitrogens with one attached hydrogen (secondary N) is 5. The predicted octanol–water partition coefficient (Wildman–Crippen LogP) is 3.24. The highest BCUT2D eigenvalue weighted by Gasteiger charge is 2.15. The molecular weight excluding hydrogens is 737 g/mol. The maximum Gasteiger partial charge on any atom is 0.230 e. The van der Waals surface area contributed by atoms with Gasteiger partial charge in [-0.05, 0) is 58.7 Å². The van der Waals surface area contributed by atoms with Crippen molar-refractivity contribution in [1.29, 1.82) is 16.2 Å². The Morgan fingerprint density at radius 3 is 1.83 bits per heavy atom. The lowest BCUT2D eigenvalue weighted by molar-refractivity contribution is -0.120. The average Bonchev–Trinajstić information content (AvgIpc) is 3.12. The van der Waals surface area contributed by atoms with Gasteiger partial charge in [0.15, 0.2) is 5.17 Å². The van der Waals surface area contributed by atoms with E-state index in [4.69, 9.17) is 40.9 Å². The normalized spacial score (nSPS) is 15.6. The minimum atomic E-state index is -0.735. The second-order valence-corrected chi connectivity index (χ2v) is 15.9. The summed E-state index contributed by atoms with van der Waals surface area (Å²) >= 11 is 3.62. The van der Waals surface area contributed by atoms with E-state index in [2.05, 4.69) is 20.4 Å². The summed E-state index contributed by atoms with van der Waals surface area (Å²) in [6, 6.07) is 14.9. The van der Waals surface area contributed by atoms with Gasteiger partial charge in [0, 0.05) is 52.1 Å². The number of benzene rings is 2. The van der Waals surface area contributed by atoms with E-state index in [1.54, 1.807) is 11.8 Å². The third kappa shape index (κ3) is 18.1. The summed E-state index contributed by atoms with van der Waals surface area (Å²) in [6.45, 7) is 9.37. The van der Waals surface area contributed by atoms with Crippen molar-refractivity contribution in [2.45, 2.75) is 31.2 Å². The fraction of sp³-hybridized carbons (Fsp3) is 0.528. The molecule has 2 aromatic rings. The Kier molecular flexibility index (Phi) is 19.5.